The van der Waals surface area contributed by atoms with Gasteiger partial charge >= 0.3 is 6.18 Å². The van der Waals surface area contributed by atoms with Crippen LogP contribution in [0, 0.1) is 10.1 Å². The third-order valence-electron chi connectivity index (χ3n) is 2.58. The number of methoxy groups -OCH3 is 1. The lowest BCUT2D eigenvalue weighted by atomic mass is 10.3. The monoisotopic (exact) mass is 302 g/mol. The molecule has 2 rings (SSSR count). The molecule has 1 aromatic heterocycles. The molecule has 0 spiro atoms. The van der Waals surface area contributed by atoms with Gasteiger partial charge in [0.2, 0.25) is 11.6 Å². The van der Waals surface area contributed by atoms with Crippen LogP contribution in [0.5, 0.6) is 5.75 Å². The van der Waals surface area contributed by atoms with Crippen LogP contribution in [0.4, 0.5) is 13.2 Å². The molecule has 112 valence electrons. The van der Waals surface area contributed by atoms with E-state index < -0.39 is 29.3 Å². The van der Waals surface area contributed by atoms with E-state index in [4.69, 9.17) is 4.74 Å². The van der Waals surface area contributed by atoms with Gasteiger partial charge in [0.25, 0.3) is 6.54 Å². The van der Waals surface area contributed by atoms with Gasteiger partial charge < -0.3 is 4.74 Å². The molecule has 1 heterocycles. The molecule has 0 saturated heterocycles. The van der Waals surface area contributed by atoms with E-state index in [-0.39, 0.29) is 5.69 Å². The van der Waals surface area contributed by atoms with Crippen LogP contribution < -0.4 is 4.74 Å². The van der Waals surface area contributed by atoms with E-state index >= 15 is 0 Å². The molecule has 0 fully saturated rings. The largest absolute Gasteiger partial charge is 0.497 e. The van der Waals surface area contributed by atoms with Crippen molar-refractivity contribution in [1.82, 2.24) is 14.8 Å². The first kappa shape index (κ1) is 14.8. The molecule has 1 aromatic carbocycles. The van der Waals surface area contributed by atoms with Crippen molar-refractivity contribution in [2.45, 2.75) is 12.7 Å². The van der Waals surface area contributed by atoms with Gasteiger partial charge in [0.15, 0.2) is 0 Å². The van der Waals surface area contributed by atoms with Gasteiger partial charge in [0.1, 0.15) is 5.75 Å². The van der Waals surface area contributed by atoms with Crippen molar-refractivity contribution in [3.8, 4) is 11.4 Å². The maximum absolute atomic E-state index is 12.9. The van der Waals surface area contributed by atoms with Gasteiger partial charge in [0.05, 0.1) is 7.11 Å². The Morgan fingerprint density at radius 3 is 2.38 bits per heavy atom. The average molecular weight is 302 g/mol. The number of nitrogens with zero attached hydrogens (tertiary/aromatic N) is 4. The van der Waals surface area contributed by atoms with Crippen LogP contribution in [-0.2, 0) is 12.7 Å². The van der Waals surface area contributed by atoms with Crippen molar-refractivity contribution in [2.24, 2.45) is 0 Å². The Balaban J connectivity index is 2.56. The summed E-state index contributed by atoms with van der Waals surface area (Å²) in [6.45, 7) is -0.866. The van der Waals surface area contributed by atoms with E-state index in [1.54, 1.807) is 0 Å². The average Bonchev–Trinajstić information content (AvgIpc) is 2.81. The van der Waals surface area contributed by atoms with Crippen molar-refractivity contribution in [3.05, 3.63) is 46.0 Å². The van der Waals surface area contributed by atoms with Crippen molar-refractivity contribution >= 4 is 0 Å². The van der Waals surface area contributed by atoms with Gasteiger partial charge in [-0.25, -0.2) is 0 Å². The summed E-state index contributed by atoms with van der Waals surface area (Å²) in [5.41, 5.74) is 0.0602. The van der Waals surface area contributed by atoms with E-state index in [0.29, 0.717) is 10.3 Å². The van der Waals surface area contributed by atoms with Crippen molar-refractivity contribution in [2.75, 3.05) is 7.11 Å². The van der Waals surface area contributed by atoms with E-state index in [1.165, 1.54) is 31.4 Å². The fourth-order valence-corrected chi connectivity index (χ4v) is 1.72. The molecule has 0 amide bonds. The van der Waals surface area contributed by atoms with Crippen LogP contribution in [0.25, 0.3) is 5.69 Å². The molecule has 0 aliphatic heterocycles. The quantitative estimate of drug-likeness (QED) is 0.637. The molecule has 0 saturated carbocycles. The molecule has 0 atom stereocenters. The summed E-state index contributed by atoms with van der Waals surface area (Å²) in [4.78, 5) is 9.76. The zero-order valence-electron chi connectivity index (χ0n) is 10.7. The lowest BCUT2D eigenvalue weighted by molar-refractivity contribution is -0.498. The third kappa shape index (κ3) is 3.09. The predicted molar refractivity (Wildman–Crippen MR) is 63.6 cm³/mol. The number of nitro groups is 1. The molecular weight excluding hydrogens is 293 g/mol. The molecule has 0 aliphatic carbocycles. The maximum atomic E-state index is 12.9. The van der Waals surface area contributed by atoms with Gasteiger partial charge in [-0.1, -0.05) is 0 Å². The third-order valence-corrected chi connectivity index (χ3v) is 2.58. The normalized spacial score (nSPS) is 11.4. The fraction of sp³-hybridized carbons (Fsp3) is 0.273. The van der Waals surface area contributed by atoms with Crippen molar-refractivity contribution < 1.29 is 22.8 Å². The number of ether oxygens (including phenoxy) is 1. The molecule has 0 unspecified atom stereocenters. The Morgan fingerprint density at radius 1 is 1.29 bits per heavy atom. The molecule has 0 aliphatic rings. The van der Waals surface area contributed by atoms with Crippen molar-refractivity contribution in [3.63, 3.8) is 0 Å². The van der Waals surface area contributed by atoms with Gasteiger partial charge in [0, 0.05) is 10.6 Å². The zero-order chi connectivity index (χ0) is 15.6. The summed E-state index contributed by atoms with van der Waals surface area (Å²) in [7, 11) is 1.41. The minimum Gasteiger partial charge on any atom is -0.497 e. The first-order valence-electron chi connectivity index (χ1n) is 5.60. The summed E-state index contributed by atoms with van der Waals surface area (Å²) in [6.07, 6.45) is -4.78. The number of alkyl halides is 3. The first-order chi connectivity index (χ1) is 9.82. The van der Waals surface area contributed by atoms with Crippen LogP contribution in [0.2, 0.25) is 0 Å². The second-order valence-corrected chi connectivity index (χ2v) is 3.96. The maximum Gasteiger partial charge on any atom is 0.452 e. The van der Waals surface area contributed by atoms with Crippen LogP contribution >= 0.6 is 0 Å². The number of rotatable bonds is 4. The molecule has 21 heavy (non-hydrogen) atoms. The second kappa shape index (κ2) is 5.38. The van der Waals surface area contributed by atoms with Crippen LogP contribution in [-0.4, -0.2) is 26.8 Å². The van der Waals surface area contributed by atoms with Crippen LogP contribution in [0.3, 0.4) is 0 Å². The van der Waals surface area contributed by atoms with Gasteiger partial charge in [-0.15, -0.1) is 10.2 Å². The Bertz CT molecular complexity index is 652. The van der Waals surface area contributed by atoms with E-state index in [0.717, 1.165) is 0 Å². The molecule has 10 heteroatoms. The smallest absolute Gasteiger partial charge is 0.452 e. The summed E-state index contributed by atoms with van der Waals surface area (Å²) in [5.74, 6) is -1.28. The van der Waals surface area contributed by atoms with E-state index in [9.17, 15) is 23.3 Å². The summed E-state index contributed by atoms with van der Waals surface area (Å²) < 4.78 is 44.3. The highest BCUT2D eigenvalue weighted by Crippen LogP contribution is 2.30. The van der Waals surface area contributed by atoms with E-state index in [2.05, 4.69) is 10.2 Å². The number of hydrogen-bond acceptors (Lipinski definition) is 5. The minimum absolute atomic E-state index is 0.0602. The Hall–Kier alpha value is -2.65. The number of aromatic nitrogens is 3. The number of hydrogen-bond donors (Lipinski definition) is 0. The minimum atomic E-state index is -4.78. The zero-order valence-corrected chi connectivity index (χ0v) is 10.7. The predicted octanol–water partition coefficient (Wildman–Crippen LogP) is 2.07. The second-order valence-electron chi connectivity index (χ2n) is 3.96. The highest BCUT2D eigenvalue weighted by atomic mass is 19.4. The van der Waals surface area contributed by atoms with Crippen molar-refractivity contribution in [1.29, 1.82) is 0 Å². The highest BCUT2D eigenvalue weighted by Gasteiger charge is 2.39. The molecular formula is C11H9F3N4O3. The Labute approximate surface area is 116 Å². The topological polar surface area (TPSA) is 83.1 Å². The van der Waals surface area contributed by atoms with Gasteiger partial charge in [-0.05, 0) is 24.3 Å². The summed E-state index contributed by atoms with van der Waals surface area (Å²) in [5, 5.41) is 16.8. The van der Waals surface area contributed by atoms with Gasteiger partial charge in [-0.2, -0.15) is 13.2 Å². The molecule has 7 nitrogen and oxygen atoms in total. The SMILES string of the molecule is COc1ccc(-n2c(C[N+](=O)[O-])nnc2C(F)(F)F)cc1. The summed E-state index contributed by atoms with van der Waals surface area (Å²) >= 11 is 0. The standard InChI is InChI=1S/C11H9F3N4O3/c1-21-8-4-2-7(3-5-8)18-9(6-17(19)20)15-16-10(18)11(12,13)14/h2-5H,6H2,1H3. The summed E-state index contributed by atoms with van der Waals surface area (Å²) in [6, 6.07) is 5.54. The number of benzene rings is 1. The first-order valence-corrected chi connectivity index (χ1v) is 5.60. The molecule has 2 aromatic rings. The highest BCUT2D eigenvalue weighted by molar-refractivity contribution is 5.39. The lowest BCUT2D eigenvalue weighted by Gasteiger charge is -2.11. The molecule has 0 N–H and O–H groups in total. The fourth-order valence-electron chi connectivity index (χ4n) is 1.72. The Morgan fingerprint density at radius 2 is 1.90 bits per heavy atom. The lowest BCUT2D eigenvalue weighted by Crippen LogP contribution is -2.16. The molecule has 0 radical (unpaired) electrons. The van der Waals surface area contributed by atoms with Gasteiger partial charge in [-0.3, -0.25) is 14.7 Å². The molecule has 0 bridgehead atoms. The van der Waals surface area contributed by atoms with E-state index in [1.807, 2.05) is 0 Å². The van der Waals surface area contributed by atoms with Crippen LogP contribution in [0.1, 0.15) is 11.6 Å². The van der Waals surface area contributed by atoms with Crippen LogP contribution in [0.15, 0.2) is 24.3 Å². The number of halogens is 3. The Kier molecular flexibility index (Phi) is 3.78.